The predicted octanol–water partition coefficient (Wildman–Crippen LogP) is 2.42. The number of nitrogens with zero attached hydrogens (tertiary/aromatic N) is 1. The number of amides is 2. The van der Waals surface area contributed by atoms with Gasteiger partial charge in [-0.25, -0.2) is 4.39 Å². The molecule has 1 aromatic carbocycles. The number of hydrogen-bond acceptors (Lipinski definition) is 6. The molecule has 0 saturated carbocycles. The first kappa shape index (κ1) is 23.8. The third-order valence-corrected chi connectivity index (χ3v) is 4.95. The Morgan fingerprint density at radius 1 is 1.28 bits per heavy atom. The molecule has 0 radical (unpaired) electrons. The molecule has 2 heterocycles. The van der Waals surface area contributed by atoms with Gasteiger partial charge in [0, 0.05) is 24.7 Å². The standard InChI is InChI=1S/C19H19ClF4N4O4/c20-13-3-2-12(6-14(13)21)31-9-17(29)27-10-1-4-15(25-7-10)18(30)26-8-11-5-16(32-28-11)19(22,23)24/h2-3,5-6,10,15,25H,1,4,7-9H2,(H,26,30)(H,27,29)/t10?,15-/m1/s1. The maximum absolute atomic E-state index is 13.4. The highest BCUT2D eigenvalue weighted by Gasteiger charge is 2.36. The molecular formula is C19H19ClF4N4O4. The minimum Gasteiger partial charge on any atom is -0.484 e. The van der Waals surface area contributed by atoms with Crippen molar-refractivity contribution in [2.75, 3.05) is 13.2 Å². The number of halogens is 5. The van der Waals surface area contributed by atoms with Crippen LogP contribution in [0, 0.1) is 5.82 Å². The van der Waals surface area contributed by atoms with E-state index in [2.05, 4.69) is 25.6 Å². The van der Waals surface area contributed by atoms with Crippen LogP contribution < -0.4 is 20.7 Å². The fourth-order valence-corrected chi connectivity index (χ4v) is 3.14. The fourth-order valence-electron chi connectivity index (χ4n) is 3.02. The smallest absolute Gasteiger partial charge is 0.452 e. The van der Waals surface area contributed by atoms with Gasteiger partial charge in [-0.2, -0.15) is 13.2 Å². The summed E-state index contributed by atoms with van der Waals surface area (Å²) in [6.07, 6.45) is -3.75. The van der Waals surface area contributed by atoms with Crippen LogP contribution in [0.4, 0.5) is 17.6 Å². The lowest BCUT2D eigenvalue weighted by Gasteiger charge is -2.29. The summed E-state index contributed by atoms with van der Waals surface area (Å²) >= 11 is 5.58. The van der Waals surface area contributed by atoms with Crippen LogP contribution >= 0.6 is 11.6 Å². The van der Waals surface area contributed by atoms with Gasteiger partial charge in [0.25, 0.3) is 5.91 Å². The van der Waals surface area contributed by atoms with E-state index in [1.54, 1.807) is 0 Å². The van der Waals surface area contributed by atoms with Gasteiger partial charge in [0.05, 0.1) is 17.6 Å². The summed E-state index contributed by atoms with van der Waals surface area (Å²) in [5, 5.41) is 11.4. The Morgan fingerprint density at radius 2 is 2.06 bits per heavy atom. The van der Waals surface area contributed by atoms with Crippen LogP contribution in [0.5, 0.6) is 5.75 Å². The van der Waals surface area contributed by atoms with Crippen LogP contribution in [-0.4, -0.2) is 42.2 Å². The molecular weight excluding hydrogens is 460 g/mol. The number of nitrogens with one attached hydrogen (secondary N) is 3. The van der Waals surface area contributed by atoms with Gasteiger partial charge < -0.3 is 25.2 Å². The Labute approximate surface area is 184 Å². The number of ether oxygens (including phenoxy) is 1. The summed E-state index contributed by atoms with van der Waals surface area (Å²) in [4.78, 5) is 24.2. The van der Waals surface area contributed by atoms with E-state index >= 15 is 0 Å². The number of hydrogen-bond donors (Lipinski definition) is 3. The Morgan fingerprint density at radius 3 is 2.69 bits per heavy atom. The zero-order valence-corrected chi connectivity index (χ0v) is 17.2. The van der Waals surface area contributed by atoms with Gasteiger partial charge in [-0.1, -0.05) is 16.8 Å². The topological polar surface area (TPSA) is 105 Å². The van der Waals surface area contributed by atoms with E-state index < -0.39 is 35.6 Å². The second-order valence-electron chi connectivity index (χ2n) is 7.07. The largest absolute Gasteiger partial charge is 0.484 e. The Bertz CT molecular complexity index is 961. The molecule has 0 aliphatic carbocycles. The van der Waals surface area contributed by atoms with Gasteiger partial charge in [0.15, 0.2) is 6.61 Å². The molecule has 1 saturated heterocycles. The fraction of sp³-hybridized carbons (Fsp3) is 0.421. The molecule has 1 unspecified atom stereocenters. The van der Waals surface area contributed by atoms with Gasteiger partial charge in [-0.05, 0) is 25.0 Å². The number of aromatic nitrogens is 1. The van der Waals surface area contributed by atoms with E-state index in [1.165, 1.54) is 12.1 Å². The van der Waals surface area contributed by atoms with Gasteiger partial charge in [-0.15, -0.1) is 0 Å². The van der Waals surface area contributed by atoms with Gasteiger partial charge >= 0.3 is 6.18 Å². The summed E-state index contributed by atoms with van der Waals surface area (Å²) in [5.74, 6) is -2.55. The van der Waals surface area contributed by atoms with Crippen molar-refractivity contribution in [2.24, 2.45) is 0 Å². The minimum atomic E-state index is -4.64. The Kier molecular flexibility index (Phi) is 7.56. The highest BCUT2D eigenvalue weighted by molar-refractivity contribution is 6.30. The lowest BCUT2D eigenvalue weighted by Crippen LogP contribution is -2.54. The lowest BCUT2D eigenvalue weighted by molar-refractivity contribution is -0.155. The normalized spacial score (nSPS) is 18.8. The second kappa shape index (κ2) is 10.2. The zero-order chi connectivity index (χ0) is 23.3. The molecule has 1 aromatic heterocycles. The van der Waals surface area contributed by atoms with Gasteiger partial charge in [0.2, 0.25) is 11.7 Å². The minimum absolute atomic E-state index is 0.0489. The number of benzene rings is 1. The number of carbonyl (C=O) groups is 2. The first-order chi connectivity index (χ1) is 15.1. The van der Waals surface area contributed by atoms with E-state index in [9.17, 15) is 27.2 Å². The molecule has 1 fully saturated rings. The number of carbonyl (C=O) groups excluding carboxylic acids is 2. The van der Waals surface area contributed by atoms with Crippen molar-refractivity contribution in [3.63, 3.8) is 0 Å². The molecule has 1 aliphatic rings. The van der Waals surface area contributed by atoms with E-state index in [-0.39, 0.29) is 35.7 Å². The van der Waals surface area contributed by atoms with Crippen molar-refractivity contribution < 1.29 is 36.4 Å². The van der Waals surface area contributed by atoms with Crippen molar-refractivity contribution in [2.45, 2.75) is 37.6 Å². The highest BCUT2D eigenvalue weighted by atomic mass is 35.5. The molecule has 2 amide bonds. The SMILES string of the molecule is O=C(COc1ccc(Cl)c(F)c1)NC1CC[C@H](C(=O)NCc2cc(C(F)(F)F)on2)NC1. The number of alkyl halides is 3. The van der Waals surface area contributed by atoms with Crippen molar-refractivity contribution in [3.8, 4) is 5.75 Å². The molecule has 2 atom stereocenters. The van der Waals surface area contributed by atoms with Crippen LogP contribution in [0.15, 0.2) is 28.8 Å². The first-order valence-electron chi connectivity index (χ1n) is 9.53. The van der Waals surface area contributed by atoms with Crippen LogP contribution in [0.3, 0.4) is 0 Å². The second-order valence-corrected chi connectivity index (χ2v) is 7.47. The molecule has 0 bridgehead atoms. The van der Waals surface area contributed by atoms with Crippen LogP contribution in [0.25, 0.3) is 0 Å². The maximum atomic E-state index is 13.4. The number of piperidine rings is 1. The van der Waals surface area contributed by atoms with Gasteiger partial charge in [0.1, 0.15) is 17.3 Å². The number of rotatable bonds is 7. The van der Waals surface area contributed by atoms with E-state index in [0.29, 0.717) is 19.4 Å². The summed E-state index contributed by atoms with van der Waals surface area (Å²) in [6, 6.07) is 3.74. The quantitative estimate of drug-likeness (QED) is 0.528. The zero-order valence-electron chi connectivity index (χ0n) is 16.5. The van der Waals surface area contributed by atoms with Crippen molar-refractivity contribution in [1.29, 1.82) is 0 Å². The summed E-state index contributed by atoms with van der Waals surface area (Å²) in [5.41, 5.74) is -0.0489. The first-order valence-corrected chi connectivity index (χ1v) is 9.90. The molecule has 1 aliphatic heterocycles. The molecule has 3 N–H and O–H groups in total. The molecule has 3 rings (SSSR count). The van der Waals surface area contributed by atoms with E-state index in [4.69, 9.17) is 16.3 Å². The predicted molar refractivity (Wildman–Crippen MR) is 103 cm³/mol. The molecule has 0 spiro atoms. The van der Waals surface area contributed by atoms with Crippen molar-refractivity contribution in [3.05, 3.63) is 46.6 Å². The summed E-state index contributed by atoms with van der Waals surface area (Å²) < 4.78 is 60.3. The molecule has 8 nitrogen and oxygen atoms in total. The van der Waals surface area contributed by atoms with E-state index in [1.807, 2.05) is 0 Å². The molecule has 32 heavy (non-hydrogen) atoms. The average molecular weight is 479 g/mol. The third-order valence-electron chi connectivity index (χ3n) is 4.64. The average Bonchev–Trinajstić information content (AvgIpc) is 3.23. The third kappa shape index (κ3) is 6.57. The monoisotopic (exact) mass is 478 g/mol. The maximum Gasteiger partial charge on any atom is 0.452 e. The highest BCUT2D eigenvalue weighted by Crippen LogP contribution is 2.29. The van der Waals surface area contributed by atoms with Crippen LogP contribution in [0.2, 0.25) is 5.02 Å². The van der Waals surface area contributed by atoms with Crippen LogP contribution in [-0.2, 0) is 22.3 Å². The van der Waals surface area contributed by atoms with E-state index in [0.717, 1.165) is 12.1 Å². The molecule has 2 aromatic rings. The summed E-state index contributed by atoms with van der Waals surface area (Å²) in [6.45, 7) is -0.222. The Balaban J connectivity index is 1.36. The Hall–Kier alpha value is -2.86. The molecule has 174 valence electrons. The van der Waals surface area contributed by atoms with Crippen molar-refractivity contribution in [1.82, 2.24) is 21.1 Å². The summed E-state index contributed by atoms with van der Waals surface area (Å²) in [7, 11) is 0. The van der Waals surface area contributed by atoms with Crippen LogP contribution in [0.1, 0.15) is 24.3 Å². The van der Waals surface area contributed by atoms with Gasteiger partial charge in [-0.3, -0.25) is 9.59 Å². The molecule has 13 heteroatoms. The lowest BCUT2D eigenvalue weighted by atomic mass is 10.00. The van der Waals surface area contributed by atoms with Crippen molar-refractivity contribution >= 4 is 23.4 Å².